The zero-order chi connectivity index (χ0) is 17.3. The second-order valence-electron chi connectivity index (χ2n) is 5.68. The molecule has 0 radical (unpaired) electrons. The second-order valence-corrected chi connectivity index (χ2v) is 7.69. The van der Waals surface area contributed by atoms with Crippen LogP contribution in [0, 0.1) is 0 Å². The molecule has 0 saturated carbocycles. The molecule has 1 N–H and O–H groups in total. The molecule has 0 bridgehead atoms. The van der Waals surface area contributed by atoms with Gasteiger partial charge in [0.1, 0.15) is 0 Å². The second kappa shape index (κ2) is 9.55. The minimum absolute atomic E-state index is 0.359. The van der Waals surface area contributed by atoms with E-state index in [4.69, 9.17) is 0 Å². The predicted octanol–water partition coefficient (Wildman–Crippen LogP) is 2.33. The third-order valence-electron chi connectivity index (χ3n) is 3.56. The predicted molar refractivity (Wildman–Crippen MR) is 96.8 cm³/mol. The monoisotopic (exact) mass is 339 g/mol. The molecule has 0 aliphatic carbocycles. The Hall–Kier alpha value is -1.56. The zero-order valence-electron chi connectivity index (χ0n) is 14.7. The van der Waals surface area contributed by atoms with Gasteiger partial charge in [-0.3, -0.25) is 4.99 Å². The third-order valence-corrected chi connectivity index (χ3v) is 4.69. The van der Waals surface area contributed by atoms with E-state index in [0.29, 0.717) is 11.4 Å². The van der Waals surface area contributed by atoms with Gasteiger partial charge in [0.15, 0.2) is 15.8 Å². The van der Waals surface area contributed by atoms with Crippen molar-refractivity contribution in [3.8, 4) is 0 Å². The molecule has 0 fully saturated rings. The van der Waals surface area contributed by atoms with Crippen LogP contribution in [0.5, 0.6) is 0 Å². The first-order valence-electron chi connectivity index (χ1n) is 8.17. The lowest BCUT2D eigenvalue weighted by atomic mass is 10.1. The van der Waals surface area contributed by atoms with Gasteiger partial charge >= 0.3 is 0 Å². The van der Waals surface area contributed by atoms with E-state index in [1.165, 1.54) is 6.26 Å². The van der Waals surface area contributed by atoms with Crippen molar-refractivity contribution in [2.45, 2.75) is 38.0 Å². The molecule has 0 aromatic heterocycles. The summed E-state index contributed by atoms with van der Waals surface area (Å²) < 4.78 is 22.9. The van der Waals surface area contributed by atoms with E-state index < -0.39 is 9.84 Å². The molecule has 5 nitrogen and oxygen atoms in total. The van der Waals surface area contributed by atoms with Crippen LogP contribution in [-0.2, 0) is 16.3 Å². The van der Waals surface area contributed by atoms with Crippen molar-refractivity contribution in [2.75, 3.05) is 32.9 Å². The molecule has 0 heterocycles. The lowest BCUT2D eigenvalue weighted by Crippen LogP contribution is -2.39. The van der Waals surface area contributed by atoms with Crippen molar-refractivity contribution in [2.24, 2.45) is 4.99 Å². The maximum absolute atomic E-state index is 11.4. The van der Waals surface area contributed by atoms with Crippen molar-refractivity contribution in [1.29, 1.82) is 0 Å². The number of guanidine groups is 1. The lowest BCUT2D eigenvalue weighted by Gasteiger charge is -2.21. The van der Waals surface area contributed by atoms with E-state index in [2.05, 4.69) is 36.1 Å². The summed E-state index contributed by atoms with van der Waals surface area (Å²) in [6.45, 7) is 6.76. The highest BCUT2D eigenvalue weighted by atomic mass is 32.2. The summed E-state index contributed by atoms with van der Waals surface area (Å²) in [7, 11) is -1.07. The number of aliphatic imine (C=N–C) groups is 1. The molecule has 1 aromatic rings. The van der Waals surface area contributed by atoms with Gasteiger partial charge < -0.3 is 10.2 Å². The summed E-state index contributed by atoms with van der Waals surface area (Å²) in [5.74, 6) is 0.925. The zero-order valence-corrected chi connectivity index (χ0v) is 15.5. The number of unbranched alkanes of at least 4 members (excludes halogenated alkanes) is 1. The standard InChI is InChI=1S/C17H29N3O2S/c1-5-7-14-20(3)17(18-6-2)19-13-12-15-8-10-16(11-9-15)23(4,21)22/h8-11H,5-7,12-14H2,1-4H3,(H,18,19). The minimum atomic E-state index is -3.13. The number of benzene rings is 1. The van der Waals surface area contributed by atoms with Gasteiger partial charge in [0.05, 0.1) is 4.90 Å². The molecule has 0 spiro atoms. The number of sulfone groups is 1. The van der Waals surface area contributed by atoms with E-state index in [9.17, 15) is 8.42 Å². The molecule has 23 heavy (non-hydrogen) atoms. The van der Waals surface area contributed by atoms with Gasteiger partial charge in [-0.1, -0.05) is 25.5 Å². The Morgan fingerprint density at radius 1 is 1.22 bits per heavy atom. The number of nitrogens with one attached hydrogen (secondary N) is 1. The number of nitrogens with zero attached hydrogens (tertiary/aromatic N) is 2. The summed E-state index contributed by atoms with van der Waals surface area (Å²) in [5, 5.41) is 3.30. The van der Waals surface area contributed by atoms with Gasteiger partial charge in [-0.15, -0.1) is 0 Å². The molecular weight excluding hydrogens is 310 g/mol. The van der Waals surface area contributed by atoms with Crippen molar-refractivity contribution in [3.05, 3.63) is 29.8 Å². The average Bonchev–Trinajstić information content (AvgIpc) is 2.51. The Balaban J connectivity index is 2.63. The van der Waals surface area contributed by atoms with Crippen LogP contribution in [0.15, 0.2) is 34.2 Å². The molecule has 0 saturated heterocycles. The van der Waals surface area contributed by atoms with Crippen LogP contribution in [0.1, 0.15) is 32.3 Å². The van der Waals surface area contributed by atoms with Crippen LogP contribution in [0.25, 0.3) is 0 Å². The Morgan fingerprint density at radius 3 is 2.39 bits per heavy atom. The highest BCUT2D eigenvalue weighted by Gasteiger charge is 2.07. The highest BCUT2D eigenvalue weighted by Crippen LogP contribution is 2.10. The maximum atomic E-state index is 11.4. The highest BCUT2D eigenvalue weighted by molar-refractivity contribution is 7.90. The van der Waals surface area contributed by atoms with Crippen LogP contribution >= 0.6 is 0 Å². The van der Waals surface area contributed by atoms with E-state index in [1.54, 1.807) is 12.1 Å². The van der Waals surface area contributed by atoms with Gasteiger partial charge in [0.2, 0.25) is 0 Å². The van der Waals surface area contributed by atoms with E-state index in [0.717, 1.165) is 43.9 Å². The summed E-state index contributed by atoms with van der Waals surface area (Å²) in [5.41, 5.74) is 1.09. The molecule has 1 aromatic carbocycles. The van der Waals surface area contributed by atoms with Crippen molar-refractivity contribution >= 4 is 15.8 Å². The van der Waals surface area contributed by atoms with Gasteiger partial charge in [-0.25, -0.2) is 8.42 Å². The molecule has 6 heteroatoms. The average molecular weight is 340 g/mol. The summed E-state index contributed by atoms with van der Waals surface area (Å²) in [6.07, 6.45) is 4.33. The molecule has 1 rings (SSSR count). The SMILES string of the molecule is CCCCN(C)C(=NCCc1ccc(S(C)(=O)=O)cc1)NCC. The van der Waals surface area contributed by atoms with E-state index in [1.807, 2.05) is 12.1 Å². The van der Waals surface area contributed by atoms with E-state index >= 15 is 0 Å². The van der Waals surface area contributed by atoms with Gasteiger partial charge in [-0.05, 0) is 37.5 Å². The van der Waals surface area contributed by atoms with Crippen LogP contribution < -0.4 is 5.32 Å². The molecule has 0 atom stereocenters. The Morgan fingerprint density at radius 2 is 1.87 bits per heavy atom. The normalized spacial score (nSPS) is 12.3. The summed E-state index contributed by atoms with van der Waals surface area (Å²) in [4.78, 5) is 7.16. The smallest absolute Gasteiger partial charge is 0.193 e. The van der Waals surface area contributed by atoms with Crippen LogP contribution in [0.3, 0.4) is 0 Å². The minimum Gasteiger partial charge on any atom is -0.357 e. The first-order chi connectivity index (χ1) is 10.9. The number of hydrogen-bond donors (Lipinski definition) is 1. The molecule has 0 aliphatic rings. The van der Waals surface area contributed by atoms with Gasteiger partial charge in [-0.2, -0.15) is 0 Å². The Labute approximate surface area is 140 Å². The maximum Gasteiger partial charge on any atom is 0.193 e. The van der Waals surface area contributed by atoms with Gasteiger partial charge in [0, 0.05) is 32.9 Å². The first kappa shape index (κ1) is 19.5. The number of hydrogen-bond acceptors (Lipinski definition) is 3. The number of rotatable bonds is 8. The third kappa shape index (κ3) is 7.03. The molecule has 0 unspecified atom stereocenters. The quantitative estimate of drug-likeness (QED) is 0.583. The first-order valence-corrected chi connectivity index (χ1v) is 10.1. The van der Waals surface area contributed by atoms with Crippen LogP contribution in [0.2, 0.25) is 0 Å². The summed E-state index contributed by atoms with van der Waals surface area (Å²) in [6, 6.07) is 7.04. The van der Waals surface area contributed by atoms with E-state index in [-0.39, 0.29) is 0 Å². The molecule has 130 valence electrons. The van der Waals surface area contributed by atoms with Crippen LogP contribution in [-0.4, -0.2) is 52.2 Å². The van der Waals surface area contributed by atoms with Crippen molar-refractivity contribution < 1.29 is 8.42 Å². The fourth-order valence-corrected chi connectivity index (χ4v) is 2.80. The molecular formula is C17H29N3O2S. The Bertz CT molecular complexity index is 595. The Kier molecular flexibility index (Phi) is 8.09. The summed E-state index contributed by atoms with van der Waals surface area (Å²) >= 11 is 0. The van der Waals surface area contributed by atoms with Crippen molar-refractivity contribution in [3.63, 3.8) is 0 Å². The van der Waals surface area contributed by atoms with Gasteiger partial charge in [0.25, 0.3) is 0 Å². The largest absolute Gasteiger partial charge is 0.357 e. The fraction of sp³-hybridized carbons (Fsp3) is 0.588. The van der Waals surface area contributed by atoms with Crippen LogP contribution in [0.4, 0.5) is 0 Å². The van der Waals surface area contributed by atoms with Crippen molar-refractivity contribution in [1.82, 2.24) is 10.2 Å². The molecule has 0 amide bonds. The topological polar surface area (TPSA) is 61.8 Å². The molecule has 0 aliphatic heterocycles. The lowest BCUT2D eigenvalue weighted by molar-refractivity contribution is 0.465. The fourth-order valence-electron chi connectivity index (χ4n) is 2.17.